The van der Waals surface area contributed by atoms with Crippen molar-refractivity contribution in [3.05, 3.63) is 35.1 Å². The number of hydrogen-bond donors (Lipinski definition) is 0. The number of carbonyl (C=O) groups excluding carboxylic acids is 3. The molecule has 3 amide bonds. The smallest absolute Gasteiger partial charge is 0.417 e. The highest BCUT2D eigenvalue weighted by Gasteiger charge is 2.39. The van der Waals surface area contributed by atoms with Crippen molar-refractivity contribution in [2.24, 2.45) is 0 Å². The summed E-state index contributed by atoms with van der Waals surface area (Å²) in [4.78, 5) is 38.4. The molecule has 0 saturated carbocycles. The van der Waals surface area contributed by atoms with Crippen LogP contribution in [0.4, 0.5) is 9.18 Å². The predicted molar refractivity (Wildman–Crippen MR) is 78.3 cm³/mol. The number of cyclic esters (lactones) is 1. The molecule has 0 bridgehead atoms. The topological polar surface area (TPSA) is 66.9 Å². The van der Waals surface area contributed by atoms with Crippen LogP contribution in [-0.2, 0) is 9.53 Å². The number of imide groups is 1. The second kappa shape index (κ2) is 5.98. The molecule has 2 heterocycles. The lowest BCUT2D eigenvalue weighted by molar-refractivity contribution is -0.127. The molecule has 2 aliphatic heterocycles. The molecule has 23 heavy (non-hydrogen) atoms. The van der Waals surface area contributed by atoms with Gasteiger partial charge in [0.15, 0.2) is 6.61 Å². The van der Waals surface area contributed by atoms with Gasteiger partial charge in [-0.2, -0.15) is 0 Å². The largest absolute Gasteiger partial charge is 0.439 e. The molecule has 7 heteroatoms. The van der Waals surface area contributed by atoms with Gasteiger partial charge >= 0.3 is 6.09 Å². The van der Waals surface area contributed by atoms with E-state index in [1.54, 1.807) is 24.0 Å². The van der Waals surface area contributed by atoms with Crippen LogP contribution >= 0.6 is 0 Å². The molecule has 0 aliphatic carbocycles. The normalized spacial score (nSPS) is 19.2. The van der Waals surface area contributed by atoms with Gasteiger partial charge in [-0.1, -0.05) is 6.07 Å². The summed E-state index contributed by atoms with van der Waals surface area (Å²) in [6.45, 7) is 2.26. The molecule has 0 unspecified atom stereocenters. The van der Waals surface area contributed by atoms with Crippen LogP contribution in [-0.4, -0.2) is 53.4 Å². The number of aryl methyl sites for hydroxylation is 1. The SMILES string of the molecule is Cc1ccc(C(=O)N2CCC(N3C(=O)COC3=O)CC2)cc1F. The Labute approximate surface area is 132 Å². The molecule has 1 aromatic rings. The number of piperidine rings is 1. The van der Waals surface area contributed by atoms with Crippen molar-refractivity contribution in [3.8, 4) is 0 Å². The van der Waals surface area contributed by atoms with Crippen LogP contribution in [0.25, 0.3) is 0 Å². The minimum atomic E-state index is -0.611. The number of hydrogen-bond acceptors (Lipinski definition) is 4. The van der Waals surface area contributed by atoms with Crippen molar-refractivity contribution >= 4 is 17.9 Å². The van der Waals surface area contributed by atoms with Crippen molar-refractivity contribution in [2.45, 2.75) is 25.8 Å². The molecule has 2 saturated heterocycles. The summed E-state index contributed by atoms with van der Waals surface area (Å²) in [5, 5.41) is 0. The molecule has 122 valence electrons. The number of amides is 3. The second-order valence-corrected chi connectivity index (χ2v) is 5.81. The summed E-state index contributed by atoms with van der Waals surface area (Å²) in [7, 11) is 0. The molecule has 3 rings (SSSR count). The zero-order valence-corrected chi connectivity index (χ0v) is 12.8. The quantitative estimate of drug-likeness (QED) is 0.832. The van der Waals surface area contributed by atoms with Gasteiger partial charge in [0.2, 0.25) is 0 Å². The number of likely N-dealkylation sites (tertiary alicyclic amines) is 1. The Balaban J connectivity index is 1.64. The van der Waals surface area contributed by atoms with Crippen LogP contribution in [0.3, 0.4) is 0 Å². The van der Waals surface area contributed by atoms with Gasteiger partial charge in [0, 0.05) is 24.7 Å². The van der Waals surface area contributed by atoms with E-state index in [0.29, 0.717) is 37.1 Å². The standard InChI is InChI=1S/C16H17FN2O4/c1-10-2-3-11(8-13(10)17)15(21)18-6-4-12(5-7-18)19-14(20)9-23-16(19)22/h2-3,8,12H,4-7,9H2,1H3. The van der Waals surface area contributed by atoms with Crippen LogP contribution in [0.2, 0.25) is 0 Å². The fraction of sp³-hybridized carbons (Fsp3) is 0.438. The van der Waals surface area contributed by atoms with E-state index in [4.69, 9.17) is 4.74 Å². The first-order chi connectivity index (χ1) is 11.0. The zero-order valence-electron chi connectivity index (χ0n) is 12.8. The van der Waals surface area contributed by atoms with E-state index < -0.39 is 11.9 Å². The highest BCUT2D eigenvalue weighted by atomic mass is 19.1. The number of halogens is 1. The minimum Gasteiger partial charge on any atom is -0.439 e. The van der Waals surface area contributed by atoms with E-state index in [1.807, 2.05) is 0 Å². The summed E-state index contributed by atoms with van der Waals surface area (Å²) in [6, 6.07) is 4.18. The molecule has 2 aliphatic rings. The molecule has 0 radical (unpaired) electrons. The van der Waals surface area contributed by atoms with E-state index in [0.717, 1.165) is 4.90 Å². The Morgan fingerprint density at radius 3 is 2.52 bits per heavy atom. The Morgan fingerprint density at radius 2 is 1.96 bits per heavy atom. The van der Waals surface area contributed by atoms with Gasteiger partial charge in [-0.05, 0) is 37.5 Å². The summed E-state index contributed by atoms with van der Waals surface area (Å²) >= 11 is 0. The Morgan fingerprint density at radius 1 is 1.26 bits per heavy atom. The summed E-state index contributed by atoms with van der Waals surface area (Å²) < 4.78 is 18.3. The van der Waals surface area contributed by atoms with Crippen LogP contribution in [0.1, 0.15) is 28.8 Å². The lowest BCUT2D eigenvalue weighted by atomic mass is 10.0. The third kappa shape index (κ3) is 2.91. The molecular formula is C16H17FN2O4. The van der Waals surface area contributed by atoms with Gasteiger partial charge in [0.25, 0.3) is 11.8 Å². The third-order valence-electron chi connectivity index (χ3n) is 4.32. The van der Waals surface area contributed by atoms with Crippen LogP contribution in [0, 0.1) is 12.7 Å². The first-order valence-corrected chi connectivity index (χ1v) is 7.51. The fourth-order valence-electron chi connectivity index (χ4n) is 2.95. The van der Waals surface area contributed by atoms with Crippen molar-refractivity contribution in [3.63, 3.8) is 0 Å². The highest BCUT2D eigenvalue weighted by Crippen LogP contribution is 2.22. The number of ether oxygens (including phenoxy) is 1. The monoisotopic (exact) mass is 320 g/mol. The highest BCUT2D eigenvalue weighted by molar-refractivity contribution is 5.98. The average Bonchev–Trinajstić information content (AvgIpc) is 2.88. The lowest BCUT2D eigenvalue weighted by Gasteiger charge is -2.34. The molecule has 2 fully saturated rings. The zero-order chi connectivity index (χ0) is 16.6. The number of benzene rings is 1. The summed E-state index contributed by atoms with van der Waals surface area (Å²) in [5.41, 5.74) is 0.800. The summed E-state index contributed by atoms with van der Waals surface area (Å²) in [6.07, 6.45) is 0.391. The molecule has 0 atom stereocenters. The Bertz CT molecular complexity index is 652. The van der Waals surface area contributed by atoms with E-state index in [2.05, 4.69) is 0 Å². The summed E-state index contributed by atoms with van der Waals surface area (Å²) in [5.74, 6) is -0.978. The maximum absolute atomic E-state index is 13.6. The van der Waals surface area contributed by atoms with Gasteiger partial charge in [0.1, 0.15) is 5.82 Å². The van der Waals surface area contributed by atoms with Gasteiger partial charge in [-0.15, -0.1) is 0 Å². The van der Waals surface area contributed by atoms with E-state index in [1.165, 1.54) is 6.07 Å². The number of carbonyl (C=O) groups is 3. The van der Waals surface area contributed by atoms with Crippen LogP contribution < -0.4 is 0 Å². The molecule has 0 aromatic heterocycles. The van der Waals surface area contributed by atoms with E-state index >= 15 is 0 Å². The maximum Gasteiger partial charge on any atom is 0.417 e. The van der Waals surface area contributed by atoms with E-state index in [9.17, 15) is 18.8 Å². The van der Waals surface area contributed by atoms with Gasteiger partial charge in [-0.3, -0.25) is 9.59 Å². The molecule has 0 spiro atoms. The fourth-order valence-corrected chi connectivity index (χ4v) is 2.95. The molecular weight excluding hydrogens is 303 g/mol. The van der Waals surface area contributed by atoms with Crippen molar-refractivity contribution in [1.82, 2.24) is 9.80 Å². The minimum absolute atomic E-state index is 0.208. The lowest BCUT2D eigenvalue weighted by Crippen LogP contribution is -2.48. The van der Waals surface area contributed by atoms with Crippen molar-refractivity contribution in [2.75, 3.05) is 19.7 Å². The second-order valence-electron chi connectivity index (χ2n) is 5.81. The maximum atomic E-state index is 13.6. The molecule has 0 N–H and O–H groups in total. The first-order valence-electron chi connectivity index (χ1n) is 7.51. The van der Waals surface area contributed by atoms with Crippen LogP contribution in [0.15, 0.2) is 18.2 Å². The number of nitrogens with zero attached hydrogens (tertiary/aromatic N) is 2. The van der Waals surface area contributed by atoms with Gasteiger partial charge in [0.05, 0.1) is 0 Å². The van der Waals surface area contributed by atoms with Crippen molar-refractivity contribution in [1.29, 1.82) is 0 Å². The van der Waals surface area contributed by atoms with Gasteiger partial charge in [-0.25, -0.2) is 14.1 Å². The van der Waals surface area contributed by atoms with Crippen LogP contribution in [0.5, 0.6) is 0 Å². The molecule has 6 nitrogen and oxygen atoms in total. The third-order valence-corrected chi connectivity index (χ3v) is 4.32. The predicted octanol–water partition coefficient (Wildman–Crippen LogP) is 1.72. The Hall–Kier alpha value is -2.44. The van der Waals surface area contributed by atoms with Crippen molar-refractivity contribution < 1.29 is 23.5 Å². The number of rotatable bonds is 2. The Kier molecular flexibility index (Phi) is 4.02. The average molecular weight is 320 g/mol. The van der Waals surface area contributed by atoms with E-state index in [-0.39, 0.29) is 24.5 Å². The first kappa shape index (κ1) is 15.5. The molecule has 1 aromatic carbocycles. The van der Waals surface area contributed by atoms with Gasteiger partial charge < -0.3 is 9.64 Å².